The topological polar surface area (TPSA) is 35.2 Å². The van der Waals surface area contributed by atoms with Gasteiger partial charge in [0.15, 0.2) is 5.82 Å². The van der Waals surface area contributed by atoms with E-state index in [4.69, 9.17) is 10.2 Å². The molecule has 0 aromatic heterocycles. The van der Waals surface area contributed by atoms with Crippen molar-refractivity contribution in [3.8, 4) is 5.75 Å². The number of nitrogens with two attached hydrogens (primary N) is 1. The molecule has 1 rings (SSSR count). The lowest BCUT2D eigenvalue weighted by molar-refractivity contribution is 0.443. The van der Waals surface area contributed by atoms with Crippen molar-refractivity contribution in [1.29, 1.82) is 0 Å². The van der Waals surface area contributed by atoms with Crippen LogP contribution in [0.5, 0.6) is 5.75 Å². The molecular weight excluding hydrogens is 252 g/mol. The predicted molar refractivity (Wildman–Crippen MR) is 72.1 cm³/mol. The van der Waals surface area contributed by atoms with Crippen molar-refractivity contribution in [2.45, 2.75) is 45.4 Å². The van der Waals surface area contributed by atoms with E-state index in [0.717, 1.165) is 12.1 Å². The second kappa shape index (κ2) is 4.97. The lowest BCUT2D eigenvalue weighted by Gasteiger charge is -2.37. The minimum absolute atomic E-state index is 0.0240. The Morgan fingerprint density at radius 2 is 1.67 bits per heavy atom. The van der Waals surface area contributed by atoms with Crippen molar-refractivity contribution < 1.29 is 13.2 Å². The van der Waals surface area contributed by atoms with Gasteiger partial charge in [-0.25, -0.2) is 8.78 Å². The van der Waals surface area contributed by atoms with Crippen LogP contribution in [0, 0.1) is 11.6 Å². The number of hydrogen-bond acceptors (Lipinski definition) is 2. The maximum atomic E-state index is 13.8. The predicted octanol–water partition coefficient (Wildman–Crippen LogP) is 3.81. The van der Waals surface area contributed by atoms with E-state index in [9.17, 15) is 8.78 Å². The molecule has 1 aromatic carbocycles. The Hall–Kier alpha value is -0.943. The zero-order valence-corrected chi connectivity index (χ0v) is 12.6. The van der Waals surface area contributed by atoms with Gasteiger partial charge in [-0.05, 0) is 30.3 Å². The highest BCUT2D eigenvalue weighted by Gasteiger charge is 2.40. The number of benzene rings is 1. The zero-order valence-electron chi connectivity index (χ0n) is 11.6. The number of hydrogen-bond donors (Lipinski definition) is 1. The minimum atomic E-state index is -2.21. The van der Waals surface area contributed by atoms with Gasteiger partial charge in [-0.15, -0.1) is 0 Å². The number of halogens is 2. The second-order valence-corrected chi connectivity index (χ2v) is 10.6. The fourth-order valence-electron chi connectivity index (χ4n) is 1.28. The smallest absolute Gasteiger partial charge is 0.250 e. The van der Waals surface area contributed by atoms with Gasteiger partial charge in [0.05, 0.1) is 0 Å². The van der Waals surface area contributed by atoms with Crippen molar-refractivity contribution in [1.82, 2.24) is 0 Å². The van der Waals surface area contributed by atoms with Crippen LogP contribution in [0.3, 0.4) is 0 Å². The van der Waals surface area contributed by atoms with Gasteiger partial charge in [-0.3, -0.25) is 0 Å². The second-order valence-electron chi connectivity index (χ2n) is 5.90. The highest BCUT2D eigenvalue weighted by atomic mass is 28.4. The molecule has 102 valence electrons. The Balaban J connectivity index is 3.23. The van der Waals surface area contributed by atoms with Crippen LogP contribution >= 0.6 is 0 Å². The van der Waals surface area contributed by atoms with Crippen LogP contribution in [0.4, 0.5) is 8.78 Å². The van der Waals surface area contributed by atoms with E-state index in [2.05, 4.69) is 0 Å². The summed E-state index contributed by atoms with van der Waals surface area (Å²) in [6.45, 7) is 10.0. The summed E-state index contributed by atoms with van der Waals surface area (Å²) >= 11 is 0. The summed E-state index contributed by atoms with van der Waals surface area (Å²) in [5, 5.41) is -0.0857. The molecule has 0 saturated heterocycles. The summed E-state index contributed by atoms with van der Waals surface area (Å²) in [6.07, 6.45) is 0. The fraction of sp³-hybridized carbons (Fsp3) is 0.538. The lowest BCUT2D eigenvalue weighted by atomic mass is 10.2. The third-order valence-corrected chi connectivity index (χ3v) is 7.85. The van der Waals surface area contributed by atoms with Gasteiger partial charge in [-0.2, -0.15) is 0 Å². The molecule has 0 fully saturated rings. The summed E-state index contributed by atoms with van der Waals surface area (Å²) in [5.74, 6) is -1.10. The van der Waals surface area contributed by atoms with Gasteiger partial charge in [0.2, 0.25) is 0 Å². The molecule has 0 spiro atoms. The fourth-order valence-corrected chi connectivity index (χ4v) is 2.32. The molecule has 5 heteroatoms. The molecule has 0 aliphatic rings. The molecule has 0 unspecified atom stereocenters. The van der Waals surface area contributed by atoms with E-state index in [-0.39, 0.29) is 22.9 Å². The Labute approximate surface area is 108 Å². The maximum absolute atomic E-state index is 13.8. The quantitative estimate of drug-likeness (QED) is 0.850. The lowest BCUT2D eigenvalue weighted by Crippen LogP contribution is -2.44. The van der Waals surface area contributed by atoms with Crippen LogP contribution < -0.4 is 10.2 Å². The summed E-state index contributed by atoms with van der Waals surface area (Å²) in [6, 6.07) is 2.16. The first-order chi connectivity index (χ1) is 8.10. The standard InChI is InChI=1S/C13H21F2NOSi/c1-13(2,3)18(4,5)17-12-9(8-16)10(14)6-7-11(12)15/h6-7H,8,16H2,1-5H3. The monoisotopic (exact) mass is 273 g/mol. The van der Waals surface area contributed by atoms with E-state index in [1.807, 2.05) is 33.9 Å². The van der Waals surface area contributed by atoms with Gasteiger partial charge in [0, 0.05) is 12.1 Å². The van der Waals surface area contributed by atoms with Crippen LogP contribution in [0.25, 0.3) is 0 Å². The average molecular weight is 273 g/mol. The van der Waals surface area contributed by atoms with E-state index >= 15 is 0 Å². The first-order valence-corrected chi connectivity index (χ1v) is 8.87. The van der Waals surface area contributed by atoms with Gasteiger partial charge in [-0.1, -0.05) is 20.8 Å². The van der Waals surface area contributed by atoms with Crippen LogP contribution in [0.15, 0.2) is 12.1 Å². The Kier molecular flexibility index (Phi) is 4.18. The normalized spacial score (nSPS) is 12.7. The van der Waals surface area contributed by atoms with Gasteiger partial charge in [0.1, 0.15) is 11.6 Å². The number of rotatable bonds is 3. The Bertz CT molecular complexity index is 441. The highest BCUT2D eigenvalue weighted by Crippen LogP contribution is 2.39. The molecule has 0 atom stereocenters. The first-order valence-electron chi connectivity index (χ1n) is 5.96. The Morgan fingerprint density at radius 1 is 1.17 bits per heavy atom. The summed E-state index contributed by atoms with van der Waals surface area (Å²) < 4.78 is 33.2. The molecule has 2 nitrogen and oxygen atoms in total. The highest BCUT2D eigenvalue weighted by molar-refractivity contribution is 6.74. The van der Waals surface area contributed by atoms with Crippen molar-refractivity contribution >= 4 is 8.32 Å². The van der Waals surface area contributed by atoms with Crippen molar-refractivity contribution in [2.24, 2.45) is 5.73 Å². The van der Waals surface area contributed by atoms with Gasteiger partial charge in [0.25, 0.3) is 8.32 Å². The molecule has 2 N–H and O–H groups in total. The molecular formula is C13H21F2NOSi. The van der Waals surface area contributed by atoms with Crippen LogP contribution in [-0.4, -0.2) is 8.32 Å². The summed E-state index contributed by atoms with van der Waals surface area (Å²) in [4.78, 5) is 0. The van der Waals surface area contributed by atoms with E-state index < -0.39 is 20.0 Å². The van der Waals surface area contributed by atoms with Crippen LogP contribution in [0.2, 0.25) is 18.1 Å². The molecule has 1 aromatic rings. The van der Waals surface area contributed by atoms with E-state index in [1.165, 1.54) is 0 Å². The maximum Gasteiger partial charge on any atom is 0.250 e. The molecule has 0 aliphatic heterocycles. The largest absolute Gasteiger partial charge is 0.541 e. The molecule has 0 saturated carbocycles. The van der Waals surface area contributed by atoms with Crippen molar-refractivity contribution in [2.75, 3.05) is 0 Å². The average Bonchev–Trinajstić information content (AvgIpc) is 2.22. The minimum Gasteiger partial charge on any atom is -0.541 e. The molecule has 18 heavy (non-hydrogen) atoms. The first kappa shape index (κ1) is 15.1. The Morgan fingerprint density at radius 3 is 2.11 bits per heavy atom. The summed E-state index contributed by atoms with van der Waals surface area (Å²) in [5.41, 5.74) is 5.59. The van der Waals surface area contributed by atoms with Gasteiger partial charge < -0.3 is 10.2 Å². The molecule has 0 heterocycles. The SMILES string of the molecule is CC(C)(C)[Si](C)(C)Oc1c(F)ccc(F)c1CN. The molecule has 0 radical (unpaired) electrons. The third-order valence-electron chi connectivity index (χ3n) is 3.52. The van der Waals surface area contributed by atoms with E-state index in [1.54, 1.807) is 0 Å². The van der Waals surface area contributed by atoms with Gasteiger partial charge >= 0.3 is 0 Å². The van der Waals surface area contributed by atoms with Crippen molar-refractivity contribution in [3.63, 3.8) is 0 Å². The third kappa shape index (κ3) is 2.90. The molecule has 0 amide bonds. The van der Waals surface area contributed by atoms with Crippen LogP contribution in [0.1, 0.15) is 26.3 Å². The zero-order chi connectivity index (χ0) is 14.1. The summed E-state index contributed by atoms with van der Waals surface area (Å²) in [7, 11) is -2.21. The van der Waals surface area contributed by atoms with Crippen molar-refractivity contribution in [3.05, 3.63) is 29.3 Å². The molecule has 0 bridgehead atoms. The van der Waals surface area contributed by atoms with Crippen LogP contribution in [-0.2, 0) is 6.54 Å². The molecule has 0 aliphatic carbocycles. The van der Waals surface area contributed by atoms with E-state index in [0.29, 0.717) is 0 Å².